The van der Waals surface area contributed by atoms with Crippen LogP contribution < -0.4 is 10.2 Å². The van der Waals surface area contributed by atoms with Gasteiger partial charge in [0.25, 0.3) is 0 Å². The molecule has 1 aliphatic carbocycles. The fourth-order valence-corrected chi connectivity index (χ4v) is 2.65. The van der Waals surface area contributed by atoms with E-state index in [2.05, 4.69) is 73.7 Å². The Labute approximate surface area is 127 Å². The second kappa shape index (κ2) is 5.90. The molecule has 3 rings (SSSR count). The molecule has 0 heterocycles. The van der Waals surface area contributed by atoms with E-state index in [1.165, 1.54) is 40.8 Å². The monoisotopic (exact) mass is 280 g/mol. The van der Waals surface area contributed by atoms with Crippen molar-refractivity contribution in [2.45, 2.75) is 32.4 Å². The number of hydrogen-bond donors (Lipinski definition) is 1. The second-order valence-corrected chi connectivity index (χ2v) is 6.25. The normalized spacial score (nSPS) is 14.2. The van der Waals surface area contributed by atoms with Crippen molar-refractivity contribution in [2.24, 2.45) is 0 Å². The fourth-order valence-electron chi connectivity index (χ4n) is 2.65. The van der Waals surface area contributed by atoms with E-state index in [9.17, 15) is 0 Å². The molecule has 0 unspecified atom stereocenters. The highest BCUT2D eigenvalue weighted by Crippen LogP contribution is 2.26. The minimum absolute atomic E-state index is 0.767. The van der Waals surface area contributed by atoms with Gasteiger partial charge in [0.1, 0.15) is 0 Å². The molecule has 0 aromatic heterocycles. The average molecular weight is 280 g/mol. The zero-order chi connectivity index (χ0) is 14.8. The molecule has 1 fully saturated rings. The zero-order valence-corrected chi connectivity index (χ0v) is 13.2. The Kier molecular flexibility index (Phi) is 3.98. The van der Waals surface area contributed by atoms with Gasteiger partial charge in [-0.2, -0.15) is 0 Å². The SMILES string of the molecule is Cc1cc(CNC2CC2)ccc1-c1ccc(N(C)C)cc1. The van der Waals surface area contributed by atoms with E-state index in [4.69, 9.17) is 0 Å². The molecule has 21 heavy (non-hydrogen) atoms. The third kappa shape index (κ3) is 3.45. The molecule has 1 aliphatic rings. The Morgan fingerprint density at radius 2 is 1.76 bits per heavy atom. The molecule has 0 amide bonds. The predicted molar refractivity (Wildman–Crippen MR) is 90.8 cm³/mol. The van der Waals surface area contributed by atoms with Crippen LogP contribution in [0.3, 0.4) is 0 Å². The number of anilines is 1. The summed E-state index contributed by atoms with van der Waals surface area (Å²) in [5.74, 6) is 0. The summed E-state index contributed by atoms with van der Waals surface area (Å²) < 4.78 is 0. The standard InChI is InChI=1S/C19H24N2/c1-14-12-15(13-20-17-7-8-17)4-11-19(14)16-5-9-18(10-6-16)21(2)3/h4-6,9-12,17,20H,7-8,13H2,1-3H3. The Hall–Kier alpha value is -1.80. The van der Waals surface area contributed by atoms with Crippen molar-refractivity contribution in [1.82, 2.24) is 5.32 Å². The first-order valence-electron chi connectivity index (χ1n) is 7.74. The van der Waals surface area contributed by atoms with E-state index < -0.39 is 0 Å². The minimum atomic E-state index is 0.767. The fraction of sp³-hybridized carbons (Fsp3) is 0.368. The minimum Gasteiger partial charge on any atom is -0.378 e. The van der Waals surface area contributed by atoms with Crippen molar-refractivity contribution >= 4 is 5.69 Å². The zero-order valence-electron chi connectivity index (χ0n) is 13.2. The summed E-state index contributed by atoms with van der Waals surface area (Å²) in [5.41, 5.74) is 6.59. The van der Waals surface area contributed by atoms with Crippen molar-refractivity contribution in [3.8, 4) is 11.1 Å². The highest BCUT2D eigenvalue weighted by atomic mass is 15.1. The number of hydrogen-bond acceptors (Lipinski definition) is 2. The van der Waals surface area contributed by atoms with Gasteiger partial charge in [0, 0.05) is 32.4 Å². The number of aryl methyl sites for hydroxylation is 1. The summed E-state index contributed by atoms with van der Waals surface area (Å²) in [5, 5.41) is 3.57. The van der Waals surface area contributed by atoms with Gasteiger partial charge in [-0.05, 0) is 54.2 Å². The van der Waals surface area contributed by atoms with E-state index in [1.807, 2.05) is 0 Å². The number of nitrogens with one attached hydrogen (secondary N) is 1. The topological polar surface area (TPSA) is 15.3 Å². The van der Waals surface area contributed by atoms with Crippen LogP contribution in [0.5, 0.6) is 0 Å². The summed E-state index contributed by atoms with van der Waals surface area (Å²) in [7, 11) is 4.14. The molecule has 1 N–H and O–H groups in total. The van der Waals surface area contributed by atoms with E-state index in [-0.39, 0.29) is 0 Å². The molecule has 2 aromatic rings. The third-order valence-electron chi connectivity index (χ3n) is 4.16. The first-order valence-corrected chi connectivity index (χ1v) is 7.74. The van der Waals surface area contributed by atoms with Gasteiger partial charge in [0.15, 0.2) is 0 Å². The lowest BCUT2D eigenvalue weighted by atomic mass is 9.98. The van der Waals surface area contributed by atoms with Gasteiger partial charge in [-0.25, -0.2) is 0 Å². The molecule has 0 atom stereocenters. The molecule has 110 valence electrons. The molecule has 2 nitrogen and oxygen atoms in total. The van der Waals surface area contributed by atoms with Crippen LogP contribution >= 0.6 is 0 Å². The largest absolute Gasteiger partial charge is 0.378 e. The van der Waals surface area contributed by atoms with Gasteiger partial charge in [-0.3, -0.25) is 0 Å². The van der Waals surface area contributed by atoms with Gasteiger partial charge in [0.05, 0.1) is 0 Å². The molecule has 0 spiro atoms. The van der Waals surface area contributed by atoms with Crippen molar-refractivity contribution in [1.29, 1.82) is 0 Å². The highest BCUT2D eigenvalue weighted by Gasteiger charge is 2.19. The molecular formula is C19H24N2. The predicted octanol–water partition coefficient (Wildman–Crippen LogP) is 3.98. The molecule has 0 radical (unpaired) electrons. The van der Waals surface area contributed by atoms with Crippen LogP contribution in [-0.4, -0.2) is 20.1 Å². The van der Waals surface area contributed by atoms with Gasteiger partial charge in [0.2, 0.25) is 0 Å². The molecular weight excluding hydrogens is 256 g/mol. The molecule has 0 saturated heterocycles. The Balaban J connectivity index is 1.77. The summed E-state index contributed by atoms with van der Waals surface area (Å²) in [6.45, 7) is 3.20. The van der Waals surface area contributed by atoms with Crippen molar-refractivity contribution < 1.29 is 0 Å². The van der Waals surface area contributed by atoms with Crippen LogP contribution in [0.1, 0.15) is 24.0 Å². The average Bonchev–Trinajstić information content (AvgIpc) is 3.29. The van der Waals surface area contributed by atoms with Gasteiger partial charge >= 0.3 is 0 Å². The number of benzene rings is 2. The maximum absolute atomic E-state index is 3.57. The second-order valence-electron chi connectivity index (χ2n) is 6.25. The van der Waals surface area contributed by atoms with E-state index in [1.54, 1.807) is 0 Å². The first-order chi connectivity index (χ1) is 10.1. The van der Waals surface area contributed by atoms with Gasteiger partial charge in [-0.15, -0.1) is 0 Å². The van der Waals surface area contributed by atoms with E-state index in [0.29, 0.717) is 0 Å². The summed E-state index contributed by atoms with van der Waals surface area (Å²) in [6, 6.07) is 16.4. The maximum atomic E-state index is 3.57. The summed E-state index contributed by atoms with van der Waals surface area (Å²) >= 11 is 0. The Bertz CT molecular complexity index is 610. The first kappa shape index (κ1) is 14.2. The lowest BCUT2D eigenvalue weighted by molar-refractivity contribution is 0.687. The lowest BCUT2D eigenvalue weighted by Crippen LogP contribution is -2.15. The summed E-state index contributed by atoms with van der Waals surface area (Å²) in [4.78, 5) is 2.13. The smallest absolute Gasteiger partial charge is 0.0361 e. The van der Waals surface area contributed by atoms with Gasteiger partial charge < -0.3 is 10.2 Å². The molecule has 2 aromatic carbocycles. The van der Waals surface area contributed by atoms with Crippen molar-refractivity contribution in [2.75, 3.05) is 19.0 Å². The molecule has 2 heteroatoms. The van der Waals surface area contributed by atoms with Crippen molar-refractivity contribution in [3.05, 3.63) is 53.6 Å². The third-order valence-corrected chi connectivity index (χ3v) is 4.16. The quantitative estimate of drug-likeness (QED) is 0.891. The number of nitrogens with zero attached hydrogens (tertiary/aromatic N) is 1. The van der Waals surface area contributed by atoms with Crippen LogP contribution in [0.25, 0.3) is 11.1 Å². The number of rotatable bonds is 5. The molecule has 0 aliphatic heterocycles. The maximum Gasteiger partial charge on any atom is 0.0361 e. The van der Waals surface area contributed by atoms with Gasteiger partial charge in [-0.1, -0.05) is 30.3 Å². The Morgan fingerprint density at radius 3 is 2.33 bits per heavy atom. The molecule has 0 bridgehead atoms. The van der Waals surface area contributed by atoms with E-state index in [0.717, 1.165) is 12.6 Å². The van der Waals surface area contributed by atoms with Crippen LogP contribution in [0.4, 0.5) is 5.69 Å². The highest BCUT2D eigenvalue weighted by molar-refractivity contribution is 5.69. The van der Waals surface area contributed by atoms with Crippen LogP contribution in [0, 0.1) is 6.92 Å². The lowest BCUT2D eigenvalue weighted by Gasteiger charge is -2.14. The Morgan fingerprint density at radius 1 is 1.05 bits per heavy atom. The van der Waals surface area contributed by atoms with Crippen molar-refractivity contribution in [3.63, 3.8) is 0 Å². The molecule has 1 saturated carbocycles. The van der Waals surface area contributed by atoms with E-state index >= 15 is 0 Å². The van der Waals surface area contributed by atoms with Crippen LogP contribution in [0.2, 0.25) is 0 Å². The van der Waals surface area contributed by atoms with Crippen LogP contribution in [-0.2, 0) is 6.54 Å². The van der Waals surface area contributed by atoms with Crippen LogP contribution in [0.15, 0.2) is 42.5 Å². The summed E-state index contributed by atoms with van der Waals surface area (Å²) in [6.07, 6.45) is 2.69.